The van der Waals surface area contributed by atoms with Gasteiger partial charge in [0.2, 0.25) is 5.91 Å². The van der Waals surface area contributed by atoms with Gasteiger partial charge in [0.05, 0.1) is 19.6 Å². The number of methoxy groups -OCH3 is 1. The average Bonchev–Trinajstić information content (AvgIpc) is 2.99. The molecule has 1 aromatic carbocycles. The fraction of sp³-hybridized carbons (Fsp3) is 0.526. The zero-order valence-electron chi connectivity index (χ0n) is 15.2. The number of amides is 1. The van der Waals surface area contributed by atoms with E-state index in [9.17, 15) is 4.79 Å². The second-order valence-corrected chi connectivity index (χ2v) is 6.96. The van der Waals surface area contributed by atoms with E-state index < -0.39 is 0 Å². The Hall–Kier alpha value is -2.21. The lowest BCUT2D eigenvalue weighted by Gasteiger charge is -2.23. The molecule has 1 aliphatic rings. The van der Waals surface area contributed by atoms with Gasteiger partial charge >= 0.3 is 0 Å². The van der Waals surface area contributed by atoms with Gasteiger partial charge in [0.1, 0.15) is 5.82 Å². The first kappa shape index (κ1) is 17.6. The molecule has 0 saturated heterocycles. The van der Waals surface area contributed by atoms with Crippen LogP contribution in [0.4, 0.5) is 0 Å². The van der Waals surface area contributed by atoms with Crippen LogP contribution in [0.25, 0.3) is 0 Å². The highest BCUT2D eigenvalue weighted by Gasteiger charge is 2.23. The van der Waals surface area contributed by atoms with E-state index in [1.54, 1.807) is 7.11 Å². The third-order valence-electron chi connectivity index (χ3n) is 4.42. The Morgan fingerprint density at radius 1 is 1.40 bits per heavy atom. The predicted molar refractivity (Wildman–Crippen MR) is 95.2 cm³/mol. The van der Waals surface area contributed by atoms with E-state index in [2.05, 4.69) is 29.2 Å². The number of carbonyl (C=O) groups excluding carboxylic acids is 1. The SMILES string of the molecule is COCc1cccc(CC(=O)N[C@@H]2CCc3nc(C(C)C)nn3C2)c1. The zero-order chi connectivity index (χ0) is 17.8. The van der Waals surface area contributed by atoms with Gasteiger partial charge in [-0.1, -0.05) is 38.1 Å². The van der Waals surface area contributed by atoms with Gasteiger partial charge in [0.25, 0.3) is 0 Å². The standard InChI is InChI=1S/C19H26N4O2/c1-13(2)19-21-17-8-7-16(11-23(17)22-19)20-18(24)10-14-5-4-6-15(9-14)12-25-3/h4-6,9,13,16H,7-8,10-12H2,1-3H3,(H,20,24)/t16-/m1/s1. The molecule has 2 aromatic rings. The van der Waals surface area contributed by atoms with Crippen molar-refractivity contribution >= 4 is 5.91 Å². The number of rotatable bonds is 6. The van der Waals surface area contributed by atoms with Crippen molar-refractivity contribution in [2.75, 3.05) is 7.11 Å². The molecule has 0 bridgehead atoms. The molecular weight excluding hydrogens is 316 g/mol. The second-order valence-electron chi connectivity index (χ2n) is 6.96. The van der Waals surface area contributed by atoms with Gasteiger partial charge in [-0.25, -0.2) is 9.67 Å². The van der Waals surface area contributed by atoms with Gasteiger partial charge in [0.15, 0.2) is 5.82 Å². The Morgan fingerprint density at radius 2 is 2.20 bits per heavy atom. The lowest BCUT2D eigenvalue weighted by atomic mass is 10.1. The number of aryl methyl sites for hydroxylation is 1. The van der Waals surface area contributed by atoms with Crippen LogP contribution in [0.2, 0.25) is 0 Å². The molecule has 0 radical (unpaired) electrons. The van der Waals surface area contributed by atoms with E-state index >= 15 is 0 Å². The molecule has 1 amide bonds. The largest absolute Gasteiger partial charge is 0.380 e. The first-order chi connectivity index (χ1) is 12.0. The second kappa shape index (κ2) is 7.78. The van der Waals surface area contributed by atoms with Gasteiger partial charge in [0, 0.05) is 25.5 Å². The van der Waals surface area contributed by atoms with Crippen molar-refractivity contribution in [2.45, 2.75) is 58.2 Å². The molecule has 6 nitrogen and oxygen atoms in total. The van der Waals surface area contributed by atoms with Gasteiger partial charge in [-0.3, -0.25) is 4.79 Å². The van der Waals surface area contributed by atoms with Gasteiger partial charge in [-0.2, -0.15) is 5.10 Å². The smallest absolute Gasteiger partial charge is 0.224 e. The predicted octanol–water partition coefficient (Wildman–Crippen LogP) is 2.22. The highest BCUT2D eigenvalue weighted by molar-refractivity contribution is 5.78. The van der Waals surface area contributed by atoms with Crippen molar-refractivity contribution in [3.8, 4) is 0 Å². The molecule has 0 spiro atoms. The van der Waals surface area contributed by atoms with E-state index in [4.69, 9.17) is 4.74 Å². The highest BCUT2D eigenvalue weighted by atomic mass is 16.5. The first-order valence-electron chi connectivity index (χ1n) is 8.85. The summed E-state index contributed by atoms with van der Waals surface area (Å²) in [5.41, 5.74) is 2.09. The van der Waals surface area contributed by atoms with Crippen molar-refractivity contribution in [1.82, 2.24) is 20.1 Å². The monoisotopic (exact) mass is 342 g/mol. The van der Waals surface area contributed by atoms with Crippen LogP contribution in [0.1, 0.15) is 49.0 Å². The summed E-state index contributed by atoms with van der Waals surface area (Å²) < 4.78 is 7.09. The van der Waals surface area contributed by atoms with E-state index in [0.717, 1.165) is 35.6 Å². The molecule has 0 saturated carbocycles. The van der Waals surface area contributed by atoms with E-state index in [-0.39, 0.29) is 11.9 Å². The molecule has 0 aliphatic carbocycles. The van der Waals surface area contributed by atoms with Crippen molar-refractivity contribution in [3.63, 3.8) is 0 Å². The number of hydrogen-bond acceptors (Lipinski definition) is 4. The van der Waals surface area contributed by atoms with E-state index in [0.29, 0.717) is 25.5 Å². The summed E-state index contributed by atoms with van der Waals surface area (Å²) in [6.45, 7) is 5.45. The topological polar surface area (TPSA) is 69.0 Å². The summed E-state index contributed by atoms with van der Waals surface area (Å²) in [5.74, 6) is 2.29. The fourth-order valence-electron chi connectivity index (χ4n) is 3.15. The minimum absolute atomic E-state index is 0.0483. The molecular formula is C19H26N4O2. The number of ether oxygens (including phenoxy) is 1. The minimum atomic E-state index is 0.0483. The lowest BCUT2D eigenvalue weighted by Crippen LogP contribution is -2.42. The molecule has 134 valence electrons. The quantitative estimate of drug-likeness (QED) is 0.874. The van der Waals surface area contributed by atoms with Crippen molar-refractivity contribution in [2.24, 2.45) is 0 Å². The van der Waals surface area contributed by atoms with Crippen LogP contribution >= 0.6 is 0 Å². The summed E-state index contributed by atoms with van der Waals surface area (Å²) in [6.07, 6.45) is 2.15. The number of nitrogens with one attached hydrogen (secondary N) is 1. The van der Waals surface area contributed by atoms with Crippen LogP contribution in [0.15, 0.2) is 24.3 Å². The minimum Gasteiger partial charge on any atom is -0.380 e. The van der Waals surface area contributed by atoms with Crippen LogP contribution in [-0.4, -0.2) is 33.8 Å². The summed E-state index contributed by atoms with van der Waals surface area (Å²) in [6, 6.07) is 8.08. The summed E-state index contributed by atoms with van der Waals surface area (Å²) in [7, 11) is 1.67. The Bertz CT molecular complexity index is 739. The van der Waals surface area contributed by atoms with Gasteiger partial charge in [-0.05, 0) is 17.5 Å². The maximum atomic E-state index is 12.4. The van der Waals surface area contributed by atoms with Crippen molar-refractivity contribution in [3.05, 3.63) is 47.0 Å². The Balaban J connectivity index is 1.57. The highest BCUT2D eigenvalue weighted by Crippen LogP contribution is 2.17. The summed E-state index contributed by atoms with van der Waals surface area (Å²) >= 11 is 0. The molecule has 1 aromatic heterocycles. The molecule has 6 heteroatoms. The number of aromatic nitrogens is 3. The van der Waals surface area contributed by atoms with Crippen LogP contribution in [0, 0.1) is 0 Å². The first-order valence-corrected chi connectivity index (χ1v) is 8.85. The van der Waals surface area contributed by atoms with Crippen LogP contribution in [-0.2, 0) is 35.5 Å². The molecule has 1 N–H and O–H groups in total. The van der Waals surface area contributed by atoms with Crippen LogP contribution in [0.5, 0.6) is 0 Å². The van der Waals surface area contributed by atoms with Gasteiger partial charge in [-0.15, -0.1) is 0 Å². The molecule has 25 heavy (non-hydrogen) atoms. The normalized spacial score (nSPS) is 16.7. The van der Waals surface area contributed by atoms with Crippen molar-refractivity contribution in [1.29, 1.82) is 0 Å². The lowest BCUT2D eigenvalue weighted by molar-refractivity contribution is -0.121. The average molecular weight is 342 g/mol. The number of benzene rings is 1. The zero-order valence-corrected chi connectivity index (χ0v) is 15.2. The molecule has 0 fully saturated rings. The number of fused-ring (bicyclic) bond motifs is 1. The third kappa shape index (κ3) is 4.45. The van der Waals surface area contributed by atoms with Crippen LogP contribution < -0.4 is 5.32 Å². The maximum absolute atomic E-state index is 12.4. The summed E-state index contributed by atoms with van der Waals surface area (Å²) in [4.78, 5) is 17.0. The molecule has 3 rings (SSSR count). The Labute approximate surface area is 148 Å². The maximum Gasteiger partial charge on any atom is 0.224 e. The van der Waals surface area contributed by atoms with Gasteiger partial charge < -0.3 is 10.1 Å². The Kier molecular flexibility index (Phi) is 5.48. The number of hydrogen-bond donors (Lipinski definition) is 1. The van der Waals surface area contributed by atoms with Crippen LogP contribution in [0.3, 0.4) is 0 Å². The van der Waals surface area contributed by atoms with E-state index in [1.165, 1.54) is 0 Å². The number of carbonyl (C=O) groups is 1. The van der Waals surface area contributed by atoms with E-state index in [1.807, 2.05) is 28.9 Å². The third-order valence-corrected chi connectivity index (χ3v) is 4.42. The summed E-state index contributed by atoms with van der Waals surface area (Å²) in [5, 5.41) is 7.70. The Morgan fingerprint density at radius 3 is 2.96 bits per heavy atom. The number of nitrogens with zero attached hydrogens (tertiary/aromatic N) is 3. The molecule has 1 aliphatic heterocycles. The molecule has 0 unspecified atom stereocenters. The fourth-order valence-corrected chi connectivity index (χ4v) is 3.15. The molecule has 1 atom stereocenters. The molecule has 2 heterocycles. The van der Waals surface area contributed by atoms with Crippen molar-refractivity contribution < 1.29 is 9.53 Å².